The van der Waals surface area contributed by atoms with Crippen molar-refractivity contribution in [3.63, 3.8) is 0 Å². The number of aryl methyl sites for hydroxylation is 1. The molecule has 1 aromatic carbocycles. The van der Waals surface area contributed by atoms with Crippen molar-refractivity contribution in [1.29, 1.82) is 0 Å². The van der Waals surface area contributed by atoms with Gasteiger partial charge in [-0.15, -0.1) is 0 Å². The Labute approximate surface area is 129 Å². The van der Waals surface area contributed by atoms with Crippen LogP contribution in [-0.2, 0) is 0 Å². The Morgan fingerprint density at radius 1 is 1.00 bits per heavy atom. The van der Waals surface area contributed by atoms with Crippen LogP contribution in [0.4, 0.5) is 0 Å². The quantitative estimate of drug-likeness (QED) is 0.538. The van der Waals surface area contributed by atoms with Crippen LogP contribution in [0.5, 0.6) is 0 Å². The topological polar surface area (TPSA) is 23.6 Å². The molecule has 0 fully saturated rings. The molecule has 0 saturated carbocycles. The van der Waals surface area contributed by atoms with Gasteiger partial charge in [-0.05, 0) is 40.7 Å². The lowest BCUT2D eigenvalue weighted by Crippen LogP contribution is -2.36. The summed E-state index contributed by atoms with van der Waals surface area (Å²) in [6.07, 6.45) is 1.79. The van der Waals surface area contributed by atoms with Crippen molar-refractivity contribution in [1.82, 2.24) is 9.80 Å². The van der Waals surface area contributed by atoms with E-state index in [9.17, 15) is 4.79 Å². The highest BCUT2D eigenvalue weighted by molar-refractivity contribution is 6.04. The Bertz CT molecular complexity index is 472. The van der Waals surface area contributed by atoms with Crippen LogP contribution in [-0.4, -0.2) is 41.8 Å². The van der Waals surface area contributed by atoms with Crippen LogP contribution in [0.1, 0.15) is 43.6 Å². The normalized spacial score (nSPS) is 10.1. The molecule has 0 aliphatic heterocycles. The molecule has 0 bridgehead atoms. The molecule has 3 heteroatoms. The first kappa shape index (κ1) is 17.3. The maximum absolute atomic E-state index is 12.6. The summed E-state index contributed by atoms with van der Waals surface area (Å²) in [6, 6.07) is 7.77. The number of rotatable bonds is 8. The number of carbonyl (C=O) groups excluding carboxylic acids is 1. The summed E-state index contributed by atoms with van der Waals surface area (Å²) in [6.45, 7) is 14.1. The van der Waals surface area contributed by atoms with Crippen LogP contribution >= 0.6 is 0 Å². The van der Waals surface area contributed by atoms with E-state index in [2.05, 4.69) is 37.5 Å². The smallest absolute Gasteiger partial charge is 0.189 e. The summed E-state index contributed by atoms with van der Waals surface area (Å²) in [4.78, 5) is 17.0. The largest absolute Gasteiger partial charge is 0.359 e. The van der Waals surface area contributed by atoms with Crippen molar-refractivity contribution in [2.45, 2.75) is 34.6 Å². The van der Waals surface area contributed by atoms with Gasteiger partial charge in [0.2, 0.25) is 0 Å². The third-order valence-corrected chi connectivity index (χ3v) is 3.74. The Kier molecular flexibility index (Phi) is 7.00. The van der Waals surface area contributed by atoms with Crippen LogP contribution in [0.2, 0.25) is 0 Å². The van der Waals surface area contributed by atoms with Crippen molar-refractivity contribution < 1.29 is 4.79 Å². The summed E-state index contributed by atoms with van der Waals surface area (Å²) in [5, 5.41) is 0. The Morgan fingerprint density at radius 3 is 1.95 bits per heavy atom. The minimum atomic E-state index is 0.0764. The lowest BCUT2D eigenvalue weighted by Gasteiger charge is -2.33. The molecule has 116 valence electrons. The molecule has 0 N–H and O–H groups in total. The lowest BCUT2D eigenvalue weighted by atomic mass is 10.1. The zero-order chi connectivity index (χ0) is 15.8. The highest BCUT2D eigenvalue weighted by Crippen LogP contribution is 2.13. The van der Waals surface area contributed by atoms with E-state index in [0.717, 1.165) is 43.1 Å². The fourth-order valence-corrected chi connectivity index (χ4v) is 2.48. The van der Waals surface area contributed by atoms with Crippen molar-refractivity contribution >= 4 is 5.78 Å². The molecule has 3 nitrogen and oxygen atoms in total. The van der Waals surface area contributed by atoms with Crippen molar-refractivity contribution in [3.05, 3.63) is 47.3 Å². The molecule has 0 aliphatic rings. The van der Waals surface area contributed by atoms with Crippen LogP contribution in [0, 0.1) is 6.92 Å². The first-order valence-corrected chi connectivity index (χ1v) is 7.89. The molecule has 0 atom stereocenters. The number of allylic oxidation sites excluding steroid dienone is 1. The van der Waals surface area contributed by atoms with Gasteiger partial charge >= 0.3 is 0 Å². The first-order valence-electron chi connectivity index (χ1n) is 7.89. The number of nitrogens with zero attached hydrogens (tertiary/aromatic N) is 2. The monoisotopic (exact) mass is 288 g/mol. The number of benzene rings is 1. The second kappa shape index (κ2) is 8.50. The van der Waals surface area contributed by atoms with E-state index < -0.39 is 0 Å². The van der Waals surface area contributed by atoms with E-state index in [1.54, 1.807) is 6.08 Å². The Balaban J connectivity index is 3.14. The molecule has 0 radical (unpaired) electrons. The van der Waals surface area contributed by atoms with E-state index in [-0.39, 0.29) is 5.78 Å². The maximum Gasteiger partial charge on any atom is 0.189 e. The molecule has 1 aromatic rings. The molecule has 0 amide bonds. The molecule has 0 saturated heterocycles. The third-order valence-electron chi connectivity index (χ3n) is 3.74. The van der Waals surface area contributed by atoms with Gasteiger partial charge in [-0.2, -0.15) is 0 Å². The number of carbonyl (C=O) groups is 1. The van der Waals surface area contributed by atoms with Crippen molar-refractivity contribution in [2.75, 3.05) is 26.2 Å². The Hall–Kier alpha value is -1.77. The predicted molar refractivity (Wildman–Crippen MR) is 89.4 cm³/mol. The van der Waals surface area contributed by atoms with Gasteiger partial charge < -0.3 is 9.80 Å². The van der Waals surface area contributed by atoms with Gasteiger partial charge in [0, 0.05) is 37.8 Å². The number of hydrogen-bond donors (Lipinski definition) is 0. The van der Waals surface area contributed by atoms with Crippen LogP contribution in [0.15, 0.2) is 36.2 Å². The highest BCUT2D eigenvalue weighted by atomic mass is 16.1. The van der Waals surface area contributed by atoms with Gasteiger partial charge in [0.05, 0.1) is 0 Å². The predicted octanol–water partition coefficient (Wildman–Crippen LogP) is 3.70. The van der Waals surface area contributed by atoms with Gasteiger partial charge in [0.15, 0.2) is 5.78 Å². The first-order chi connectivity index (χ1) is 10.1. The zero-order valence-corrected chi connectivity index (χ0v) is 14.0. The summed E-state index contributed by atoms with van der Waals surface area (Å²) < 4.78 is 0. The van der Waals surface area contributed by atoms with Gasteiger partial charge in [-0.25, -0.2) is 0 Å². The third kappa shape index (κ3) is 4.62. The second-order valence-corrected chi connectivity index (χ2v) is 5.08. The minimum absolute atomic E-state index is 0.0764. The van der Waals surface area contributed by atoms with Crippen LogP contribution in [0.25, 0.3) is 0 Å². The average Bonchev–Trinajstić information content (AvgIpc) is 2.49. The zero-order valence-electron chi connectivity index (χ0n) is 14.0. The fourth-order valence-electron chi connectivity index (χ4n) is 2.48. The number of hydrogen-bond acceptors (Lipinski definition) is 3. The van der Waals surface area contributed by atoms with Crippen LogP contribution < -0.4 is 0 Å². The van der Waals surface area contributed by atoms with E-state index >= 15 is 0 Å². The van der Waals surface area contributed by atoms with Gasteiger partial charge in [-0.3, -0.25) is 4.79 Å². The molecular weight excluding hydrogens is 260 g/mol. The lowest BCUT2D eigenvalue weighted by molar-refractivity contribution is 0.103. The summed E-state index contributed by atoms with van der Waals surface area (Å²) >= 11 is 0. The van der Waals surface area contributed by atoms with E-state index in [4.69, 9.17) is 0 Å². The fraction of sp³-hybridized carbons (Fsp3) is 0.500. The summed E-state index contributed by atoms with van der Waals surface area (Å²) in [5.74, 6) is 1.10. The Morgan fingerprint density at radius 2 is 1.52 bits per heavy atom. The SMILES string of the molecule is CCN(CC)C(=CC(=O)c1cccc(C)c1)N(CC)CC. The second-order valence-electron chi connectivity index (χ2n) is 5.08. The van der Waals surface area contributed by atoms with E-state index in [1.807, 2.05) is 31.2 Å². The molecular formula is C18H28N2O. The molecule has 0 spiro atoms. The summed E-state index contributed by atoms with van der Waals surface area (Å²) in [5.41, 5.74) is 1.87. The molecule has 21 heavy (non-hydrogen) atoms. The molecule has 0 aliphatic carbocycles. The van der Waals surface area contributed by atoms with Gasteiger partial charge in [0.1, 0.15) is 5.82 Å². The maximum atomic E-state index is 12.6. The molecule has 0 aromatic heterocycles. The molecule has 1 rings (SSSR count). The summed E-state index contributed by atoms with van der Waals surface area (Å²) in [7, 11) is 0. The average molecular weight is 288 g/mol. The number of ketones is 1. The van der Waals surface area contributed by atoms with Crippen molar-refractivity contribution in [3.8, 4) is 0 Å². The minimum Gasteiger partial charge on any atom is -0.359 e. The molecule has 0 heterocycles. The van der Waals surface area contributed by atoms with E-state index in [1.165, 1.54) is 0 Å². The van der Waals surface area contributed by atoms with Gasteiger partial charge in [0.25, 0.3) is 0 Å². The van der Waals surface area contributed by atoms with Crippen molar-refractivity contribution in [2.24, 2.45) is 0 Å². The standard InChI is InChI=1S/C18H28N2O/c1-6-19(7-2)18(20(8-3)9-4)14-17(21)16-12-10-11-15(5)13-16/h10-14H,6-9H2,1-5H3. The molecule has 0 unspecified atom stereocenters. The van der Waals surface area contributed by atoms with Crippen LogP contribution in [0.3, 0.4) is 0 Å². The van der Waals surface area contributed by atoms with Gasteiger partial charge in [-0.1, -0.05) is 23.8 Å². The highest BCUT2D eigenvalue weighted by Gasteiger charge is 2.14. The van der Waals surface area contributed by atoms with E-state index in [0.29, 0.717) is 0 Å².